The zero-order chi connectivity index (χ0) is 23.6. The quantitative estimate of drug-likeness (QED) is 0.341. The van der Waals surface area contributed by atoms with E-state index in [1.807, 2.05) is 25.1 Å². The second-order valence-corrected chi connectivity index (χ2v) is 9.14. The van der Waals surface area contributed by atoms with E-state index in [0.29, 0.717) is 32.9 Å². The number of nitrogens with zero attached hydrogens (tertiary/aromatic N) is 2. The first-order valence-electron chi connectivity index (χ1n) is 10.6. The van der Waals surface area contributed by atoms with Crippen LogP contribution in [0.15, 0.2) is 69.9 Å². The summed E-state index contributed by atoms with van der Waals surface area (Å²) in [5.74, 6) is -0.220. The highest BCUT2D eigenvalue weighted by Crippen LogP contribution is 2.44. The van der Waals surface area contributed by atoms with Crippen LogP contribution in [0.4, 0.5) is 9.52 Å². The van der Waals surface area contributed by atoms with Gasteiger partial charge in [0, 0.05) is 0 Å². The van der Waals surface area contributed by atoms with E-state index in [2.05, 4.69) is 4.98 Å². The first kappa shape index (κ1) is 20.6. The second kappa shape index (κ2) is 7.50. The van der Waals surface area contributed by atoms with Gasteiger partial charge in [-0.25, -0.2) is 9.37 Å². The van der Waals surface area contributed by atoms with Crippen LogP contribution in [0.2, 0.25) is 0 Å². The van der Waals surface area contributed by atoms with Crippen molar-refractivity contribution in [3.8, 4) is 5.75 Å². The number of aromatic nitrogens is 1. The van der Waals surface area contributed by atoms with Crippen molar-refractivity contribution in [2.24, 2.45) is 0 Å². The summed E-state index contributed by atoms with van der Waals surface area (Å²) in [6.45, 7) is 1.89. The molecule has 0 spiro atoms. The van der Waals surface area contributed by atoms with E-state index >= 15 is 0 Å². The topological polar surface area (TPSA) is 72.6 Å². The molecule has 34 heavy (non-hydrogen) atoms. The molecule has 1 unspecified atom stereocenters. The Morgan fingerprint density at radius 2 is 1.85 bits per heavy atom. The molecule has 1 aliphatic rings. The van der Waals surface area contributed by atoms with Gasteiger partial charge in [0.1, 0.15) is 17.1 Å². The average Bonchev–Trinajstić information content (AvgIpc) is 3.38. The summed E-state index contributed by atoms with van der Waals surface area (Å²) in [5, 5.41) is 0.808. The first-order valence-corrected chi connectivity index (χ1v) is 11.4. The van der Waals surface area contributed by atoms with E-state index in [4.69, 9.17) is 9.15 Å². The number of fused-ring (bicyclic) bond motifs is 3. The minimum Gasteiger partial charge on any atom is -0.497 e. The molecule has 1 atom stereocenters. The molecule has 0 aliphatic carbocycles. The van der Waals surface area contributed by atoms with Gasteiger partial charge in [-0.3, -0.25) is 14.5 Å². The van der Waals surface area contributed by atoms with Crippen LogP contribution in [0.25, 0.3) is 21.2 Å². The highest BCUT2D eigenvalue weighted by atomic mass is 32.1. The highest BCUT2D eigenvalue weighted by molar-refractivity contribution is 7.22. The first-order chi connectivity index (χ1) is 16.4. The van der Waals surface area contributed by atoms with Gasteiger partial charge in [0.15, 0.2) is 10.6 Å². The number of thiazole rings is 1. The Labute approximate surface area is 196 Å². The number of amides is 1. The molecule has 1 amide bonds. The number of rotatable bonds is 3. The van der Waals surface area contributed by atoms with Crippen LogP contribution in [0.1, 0.15) is 33.3 Å². The Kier molecular flexibility index (Phi) is 4.53. The number of benzene rings is 3. The molecule has 1 aliphatic heterocycles. The van der Waals surface area contributed by atoms with Gasteiger partial charge in [0.05, 0.1) is 34.3 Å². The lowest BCUT2D eigenvalue weighted by Crippen LogP contribution is -2.29. The van der Waals surface area contributed by atoms with Gasteiger partial charge in [-0.15, -0.1) is 0 Å². The number of carbonyl (C=O) groups excluding carboxylic acids is 1. The summed E-state index contributed by atoms with van der Waals surface area (Å²) in [7, 11) is 1.58. The highest BCUT2D eigenvalue weighted by Gasteiger charge is 2.45. The Morgan fingerprint density at radius 1 is 1.06 bits per heavy atom. The molecule has 3 heterocycles. The maximum absolute atomic E-state index is 13.7. The third kappa shape index (κ3) is 3.03. The predicted molar refractivity (Wildman–Crippen MR) is 128 cm³/mol. The molecule has 2 aromatic heterocycles. The summed E-state index contributed by atoms with van der Waals surface area (Å²) in [4.78, 5) is 33.5. The fourth-order valence-corrected chi connectivity index (χ4v) is 5.39. The van der Waals surface area contributed by atoms with Crippen molar-refractivity contribution in [3.05, 3.63) is 99.2 Å². The van der Waals surface area contributed by atoms with Crippen molar-refractivity contribution in [2.75, 3.05) is 12.0 Å². The maximum Gasteiger partial charge on any atom is 0.297 e. The SMILES string of the molecule is COc1ccc2nc(N3C(=O)c4oc5ccc(C)cc5c(=O)c4C3c3ccc(F)cc3)sc2c1. The van der Waals surface area contributed by atoms with Crippen LogP contribution >= 0.6 is 11.3 Å². The molecule has 0 N–H and O–H groups in total. The lowest BCUT2D eigenvalue weighted by atomic mass is 9.98. The number of ether oxygens (including phenoxy) is 1. The largest absolute Gasteiger partial charge is 0.497 e. The second-order valence-electron chi connectivity index (χ2n) is 8.13. The molecule has 8 heteroatoms. The predicted octanol–water partition coefficient (Wildman–Crippen LogP) is 5.61. The third-order valence-electron chi connectivity index (χ3n) is 6.00. The summed E-state index contributed by atoms with van der Waals surface area (Å²) < 4.78 is 25.8. The zero-order valence-corrected chi connectivity index (χ0v) is 19.0. The third-order valence-corrected chi connectivity index (χ3v) is 7.02. The molecule has 0 radical (unpaired) electrons. The molecule has 168 valence electrons. The lowest BCUT2D eigenvalue weighted by molar-refractivity contribution is 0.0971. The molecule has 3 aromatic carbocycles. The summed E-state index contributed by atoms with van der Waals surface area (Å²) in [6, 6.07) is 15.7. The van der Waals surface area contributed by atoms with Gasteiger partial charge in [-0.1, -0.05) is 35.1 Å². The van der Waals surface area contributed by atoms with Crippen LogP contribution in [-0.4, -0.2) is 18.0 Å². The Bertz CT molecular complexity index is 1670. The number of hydrogen-bond acceptors (Lipinski definition) is 6. The van der Waals surface area contributed by atoms with E-state index in [1.54, 1.807) is 37.4 Å². The number of halogens is 1. The Balaban J connectivity index is 1.62. The molecular weight excluding hydrogens is 455 g/mol. The molecule has 5 aromatic rings. The van der Waals surface area contributed by atoms with Crippen molar-refractivity contribution in [3.63, 3.8) is 0 Å². The maximum atomic E-state index is 13.7. The molecule has 6 nitrogen and oxygen atoms in total. The van der Waals surface area contributed by atoms with Crippen molar-refractivity contribution in [1.82, 2.24) is 4.98 Å². The molecule has 0 saturated heterocycles. The van der Waals surface area contributed by atoms with E-state index in [1.165, 1.54) is 28.4 Å². The zero-order valence-electron chi connectivity index (χ0n) is 18.2. The molecule has 6 rings (SSSR count). The number of anilines is 1. The minimum atomic E-state index is -0.799. The molecule has 0 fully saturated rings. The normalized spacial score (nSPS) is 15.3. The van der Waals surface area contributed by atoms with Crippen LogP contribution in [-0.2, 0) is 0 Å². The van der Waals surface area contributed by atoms with Crippen molar-refractivity contribution >= 4 is 43.6 Å². The van der Waals surface area contributed by atoms with Crippen LogP contribution in [0, 0.1) is 12.7 Å². The molecule has 0 bridgehead atoms. The number of carbonyl (C=O) groups is 1. The van der Waals surface area contributed by atoms with Crippen LogP contribution in [0.3, 0.4) is 0 Å². The summed E-state index contributed by atoms with van der Waals surface area (Å²) in [6.07, 6.45) is 0. The van der Waals surface area contributed by atoms with Crippen LogP contribution < -0.4 is 15.1 Å². The Hall–Kier alpha value is -4.04. The summed E-state index contributed by atoms with van der Waals surface area (Å²) in [5.41, 5.74) is 2.47. The lowest BCUT2D eigenvalue weighted by Gasteiger charge is -2.22. The van der Waals surface area contributed by atoms with Crippen molar-refractivity contribution < 1.29 is 18.3 Å². The number of aryl methyl sites for hydroxylation is 1. The van der Waals surface area contributed by atoms with Crippen LogP contribution in [0.5, 0.6) is 5.75 Å². The van der Waals surface area contributed by atoms with E-state index < -0.39 is 17.8 Å². The monoisotopic (exact) mass is 472 g/mol. The van der Waals surface area contributed by atoms with Crippen molar-refractivity contribution in [1.29, 1.82) is 0 Å². The van der Waals surface area contributed by atoms with Gasteiger partial charge in [0.2, 0.25) is 5.76 Å². The fourth-order valence-electron chi connectivity index (χ4n) is 4.37. The average molecular weight is 472 g/mol. The van der Waals surface area contributed by atoms with Gasteiger partial charge < -0.3 is 9.15 Å². The summed E-state index contributed by atoms with van der Waals surface area (Å²) >= 11 is 1.31. The minimum absolute atomic E-state index is 0.0208. The molecule has 0 saturated carbocycles. The van der Waals surface area contributed by atoms with E-state index in [-0.39, 0.29) is 16.8 Å². The van der Waals surface area contributed by atoms with Gasteiger partial charge in [-0.2, -0.15) is 0 Å². The van der Waals surface area contributed by atoms with Gasteiger partial charge >= 0.3 is 0 Å². The smallest absolute Gasteiger partial charge is 0.297 e. The van der Waals surface area contributed by atoms with E-state index in [0.717, 1.165) is 10.3 Å². The number of methoxy groups -OCH3 is 1. The molecular formula is C26H17FN2O4S. The standard InChI is InChI=1S/C26H17FN2O4S/c1-13-3-10-19-17(11-13)23(30)21-22(14-4-6-15(27)7-5-14)29(25(31)24(21)33-19)26-28-18-9-8-16(32-2)12-20(18)34-26/h3-12,22H,1-2H3. The fraction of sp³-hybridized carbons (Fsp3) is 0.115. The van der Waals surface area contributed by atoms with E-state index in [9.17, 15) is 14.0 Å². The number of hydrogen-bond donors (Lipinski definition) is 0. The van der Waals surface area contributed by atoms with Crippen molar-refractivity contribution in [2.45, 2.75) is 13.0 Å². The van der Waals surface area contributed by atoms with Gasteiger partial charge in [0.25, 0.3) is 5.91 Å². The Morgan fingerprint density at radius 3 is 2.62 bits per heavy atom. The van der Waals surface area contributed by atoms with Gasteiger partial charge in [-0.05, 0) is 55.0 Å².